The van der Waals surface area contributed by atoms with Crippen molar-refractivity contribution in [2.75, 3.05) is 19.6 Å². The van der Waals surface area contributed by atoms with E-state index in [1.807, 2.05) is 0 Å². The number of aliphatic hydroxyl groups is 1. The van der Waals surface area contributed by atoms with E-state index in [1.54, 1.807) is 0 Å². The Hall–Kier alpha value is -0.0800. The Labute approximate surface area is 106 Å². The van der Waals surface area contributed by atoms with E-state index in [1.165, 1.54) is 51.6 Å². The van der Waals surface area contributed by atoms with Crippen LogP contribution < -0.4 is 0 Å². The molecule has 2 aliphatic rings. The summed E-state index contributed by atoms with van der Waals surface area (Å²) in [5.41, 5.74) is 0.706. The van der Waals surface area contributed by atoms with Crippen molar-refractivity contribution >= 4 is 0 Å². The van der Waals surface area contributed by atoms with Crippen molar-refractivity contribution in [3.05, 3.63) is 0 Å². The Bertz CT molecular complexity index is 225. The van der Waals surface area contributed by atoms with Crippen LogP contribution in [0.4, 0.5) is 0 Å². The van der Waals surface area contributed by atoms with Gasteiger partial charge in [0.1, 0.15) is 0 Å². The van der Waals surface area contributed by atoms with Gasteiger partial charge in [0.2, 0.25) is 0 Å². The van der Waals surface area contributed by atoms with Crippen LogP contribution in [-0.4, -0.2) is 35.7 Å². The molecule has 1 aliphatic heterocycles. The molecule has 2 nitrogen and oxygen atoms in total. The predicted octanol–water partition coefficient (Wildman–Crippen LogP) is 3.05. The quantitative estimate of drug-likeness (QED) is 0.815. The topological polar surface area (TPSA) is 23.5 Å². The molecular formula is C15H29NO. The first-order valence-electron chi connectivity index (χ1n) is 7.56. The molecule has 2 unspecified atom stereocenters. The van der Waals surface area contributed by atoms with E-state index in [2.05, 4.69) is 18.7 Å². The standard InChI is InChI=1S/C15H29NO/c1-3-13(2)14(17)12-16-10-8-15(9-11-16)6-4-5-7-15/h13-14,17H,3-12H2,1-2H3. The first-order chi connectivity index (χ1) is 8.15. The molecule has 0 bridgehead atoms. The number of hydrogen-bond acceptors (Lipinski definition) is 2. The second-order valence-corrected chi connectivity index (χ2v) is 6.46. The summed E-state index contributed by atoms with van der Waals surface area (Å²) in [6, 6.07) is 0. The minimum absolute atomic E-state index is 0.127. The van der Waals surface area contributed by atoms with E-state index in [9.17, 15) is 5.11 Å². The van der Waals surface area contributed by atoms with Crippen LogP contribution in [0.1, 0.15) is 58.8 Å². The van der Waals surface area contributed by atoms with Crippen LogP contribution in [-0.2, 0) is 0 Å². The van der Waals surface area contributed by atoms with Crippen LogP contribution in [0.15, 0.2) is 0 Å². The van der Waals surface area contributed by atoms with Gasteiger partial charge in [0.15, 0.2) is 0 Å². The smallest absolute Gasteiger partial charge is 0.0692 e. The normalized spacial score (nSPS) is 28.4. The molecule has 2 fully saturated rings. The lowest BCUT2D eigenvalue weighted by Gasteiger charge is -2.40. The third-order valence-electron chi connectivity index (χ3n) is 5.33. The van der Waals surface area contributed by atoms with Gasteiger partial charge in [0.25, 0.3) is 0 Å². The van der Waals surface area contributed by atoms with Gasteiger partial charge in [-0.3, -0.25) is 0 Å². The monoisotopic (exact) mass is 239 g/mol. The summed E-state index contributed by atoms with van der Waals surface area (Å²) in [6.07, 6.45) is 9.55. The molecule has 2 atom stereocenters. The maximum Gasteiger partial charge on any atom is 0.0692 e. The maximum atomic E-state index is 10.1. The summed E-state index contributed by atoms with van der Waals surface area (Å²) in [5.74, 6) is 0.442. The fraction of sp³-hybridized carbons (Fsp3) is 1.00. The van der Waals surface area contributed by atoms with Crippen molar-refractivity contribution in [2.45, 2.75) is 64.9 Å². The highest BCUT2D eigenvalue weighted by Crippen LogP contribution is 2.46. The number of β-amino-alcohol motifs (C(OH)–C–C–N with tert-alkyl or cyclic N) is 1. The fourth-order valence-electron chi connectivity index (χ4n) is 3.55. The first-order valence-corrected chi connectivity index (χ1v) is 7.56. The van der Waals surface area contributed by atoms with E-state index >= 15 is 0 Å². The number of likely N-dealkylation sites (tertiary alicyclic amines) is 1. The first kappa shape index (κ1) is 13.4. The third kappa shape index (κ3) is 3.23. The van der Waals surface area contributed by atoms with Gasteiger partial charge >= 0.3 is 0 Å². The van der Waals surface area contributed by atoms with Crippen LogP contribution in [0.25, 0.3) is 0 Å². The Morgan fingerprint density at radius 3 is 2.24 bits per heavy atom. The zero-order valence-corrected chi connectivity index (χ0v) is 11.6. The average molecular weight is 239 g/mol. The molecule has 1 saturated heterocycles. The molecule has 1 saturated carbocycles. The van der Waals surface area contributed by atoms with Crippen LogP contribution >= 0.6 is 0 Å². The van der Waals surface area contributed by atoms with Crippen molar-refractivity contribution in [3.8, 4) is 0 Å². The van der Waals surface area contributed by atoms with Gasteiger partial charge in [-0.25, -0.2) is 0 Å². The molecular weight excluding hydrogens is 210 g/mol. The molecule has 0 aromatic heterocycles. The molecule has 1 heterocycles. The van der Waals surface area contributed by atoms with Crippen LogP contribution in [0.3, 0.4) is 0 Å². The Kier molecular flexibility index (Phi) is 4.48. The van der Waals surface area contributed by atoms with E-state index in [-0.39, 0.29) is 6.10 Å². The van der Waals surface area contributed by atoms with Crippen molar-refractivity contribution in [1.29, 1.82) is 0 Å². The summed E-state index contributed by atoms with van der Waals surface area (Å²) < 4.78 is 0. The number of piperidine rings is 1. The lowest BCUT2D eigenvalue weighted by Crippen LogP contribution is -2.43. The molecule has 0 amide bonds. The van der Waals surface area contributed by atoms with Gasteiger partial charge in [-0.2, -0.15) is 0 Å². The van der Waals surface area contributed by atoms with E-state index in [0.29, 0.717) is 11.3 Å². The molecule has 0 radical (unpaired) electrons. The summed E-state index contributed by atoms with van der Waals surface area (Å²) >= 11 is 0. The average Bonchev–Trinajstić information content (AvgIpc) is 2.80. The van der Waals surface area contributed by atoms with Gasteiger partial charge in [-0.15, -0.1) is 0 Å². The van der Waals surface area contributed by atoms with E-state index in [0.717, 1.165) is 13.0 Å². The molecule has 1 N–H and O–H groups in total. The molecule has 1 spiro atoms. The van der Waals surface area contributed by atoms with Crippen LogP contribution in [0.2, 0.25) is 0 Å². The van der Waals surface area contributed by atoms with Crippen LogP contribution in [0, 0.1) is 11.3 Å². The largest absolute Gasteiger partial charge is 0.392 e. The van der Waals surface area contributed by atoms with Gasteiger partial charge in [0, 0.05) is 6.54 Å². The molecule has 2 rings (SSSR count). The minimum Gasteiger partial charge on any atom is -0.392 e. The highest BCUT2D eigenvalue weighted by atomic mass is 16.3. The van der Waals surface area contributed by atoms with Gasteiger partial charge in [-0.1, -0.05) is 33.1 Å². The molecule has 0 aromatic rings. The number of nitrogens with zero attached hydrogens (tertiary/aromatic N) is 1. The Morgan fingerprint density at radius 1 is 1.12 bits per heavy atom. The molecule has 100 valence electrons. The van der Waals surface area contributed by atoms with E-state index < -0.39 is 0 Å². The SMILES string of the molecule is CCC(C)C(O)CN1CCC2(CCCC2)CC1. The zero-order valence-electron chi connectivity index (χ0n) is 11.6. The molecule has 2 heteroatoms. The van der Waals surface area contributed by atoms with E-state index in [4.69, 9.17) is 0 Å². The lowest BCUT2D eigenvalue weighted by atomic mass is 9.77. The fourth-order valence-corrected chi connectivity index (χ4v) is 3.55. The Balaban J connectivity index is 1.75. The van der Waals surface area contributed by atoms with Crippen molar-refractivity contribution in [3.63, 3.8) is 0 Å². The molecule has 17 heavy (non-hydrogen) atoms. The van der Waals surface area contributed by atoms with Crippen molar-refractivity contribution in [1.82, 2.24) is 4.90 Å². The van der Waals surface area contributed by atoms with Crippen molar-refractivity contribution < 1.29 is 5.11 Å². The Morgan fingerprint density at radius 2 is 1.71 bits per heavy atom. The van der Waals surface area contributed by atoms with Crippen LogP contribution in [0.5, 0.6) is 0 Å². The minimum atomic E-state index is -0.127. The summed E-state index contributed by atoms with van der Waals surface area (Å²) in [5, 5.41) is 10.1. The summed E-state index contributed by atoms with van der Waals surface area (Å²) in [4.78, 5) is 2.49. The summed E-state index contributed by atoms with van der Waals surface area (Å²) in [7, 11) is 0. The zero-order chi connectivity index (χ0) is 12.3. The predicted molar refractivity (Wildman–Crippen MR) is 72.0 cm³/mol. The molecule has 0 aromatic carbocycles. The molecule has 1 aliphatic carbocycles. The highest BCUT2D eigenvalue weighted by molar-refractivity contribution is 4.90. The number of hydrogen-bond donors (Lipinski definition) is 1. The van der Waals surface area contributed by atoms with Gasteiger partial charge < -0.3 is 10.0 Å². The summed E-state index contributed by atoms with van der Waals surface area (Å²) in [6.45, 7) is 7.65. The second-order valence-electron chi connectivity index (χ2n) is 6.46. The van der Waals surface area contributed by atoms with Gasteiger partial charge in [0.05, 0.1) is 6.10 Å². The third-order valence-corrected chi connectivity index (χ3v) is 5.33. The second kappa shape index (κ2) is 5.71. The number of rotatable bonds is 4. The number of aliphatic hydroxyl groups excluding tert-OH is 1. The lowest BCUT2D eigenvalue weighted by molar-refractivity contribution is 0.0358. The highest BCUT2D eigenvalue weighted by Gasteiger charge is 2.37. The van der Waals surface area contributed by atoms with Gasteiger partial charge in [-0.05, 0) is 50.1 Å². The van der Waals surface area contributed by atoms with Crippen molar-refractivity contribution in [2.24, 2.45) is 11.3 Å². The maximum absolute atomic E-state index is 10.1.